The topological polar surface area (TPSA) is 109 Å². The molecule has 0 bridgehead atoms. The average molecular weight is 356 g/mol. The zero-order valence-corrected chi connectivity index (χ0v) is 15.0. The summed E-state index contributed by atoms with van der Waals surface area (Å²) in [5, 5.41) is 3.31. The monoisotopic (exact) mass is 356 g/mol. The Labute approximate surface area is 140 Å². The number of hydrogen-bond donors (Lipinski definition) is 3. The second-order valence-electron chi connectivity index (χ2n) is 5.32. The Kier molecular flexibility index (Phi) is 7.17. The number of rotatable bonds is 11. The maximum Gasteiger partial charge on any atom is 0.330 e. The second-order valence-corrected chi connectivity index (χ2v) is 7.51. The van der Waals surface area contributed by atoms with Crippen molar-refractivity contribution in [3.63, 3.8) is 0 Å². The van der Waals surface area contributed by atoms with Crippen molar-refractivity contribution in [2.75, 3.05) is 25.9 Å². The van der Waals surface area contributed by atoms with Gasteiger partial charge in [-0.15, -0.1) is 0 Å². The highest BCUT2D eigenvalue weighted by atomic mass is 31.2. The highest BCUT2D eigenvalue weighted by Gasteiger charge is 2.22. The first-order valence-corrected chi connectivity index (χ1v) is 9.95. The smallest absolute Gasteiger partial charge is 0.330 e. The molecule has 9 heteroatoms. The molecule has 0 aliphatic carbocycles. The normalized spacial score (nSPS) is 12.1. The molecule has 2 rings (SSSR count). The fraction of sp³-hybridized carbons (Fsp3) is 0.600. The largest absolute Gasteiger partial charge is 0.355 e. The molecule has 0 spiro atoms. The number of H-pyrrole nitrogens is 2. The SMILES string of the molecule is CCOP(=O)(CCCCNCc1c[nH]c2c(=O)[nH]cnc12)OCC. The lowest BCUT2D eigenvalue weighted by Gasteiger charge is -2.16. The van der Waals surface area contributed by atoms with E-state index in [4.69, 9.17) is 9.05 Å². The van der Waals surface area contributed by atoms with Crippen LogP contribution in [0.25, 0.3) is 11.0 Å². The van der Waals surface area contributed by atoms with Crippen molar-refractivity contribution in [3.8, 4) is 0 Å². The van der Waals surface area contributed by atoms with Crippen molar-refractivity contribution >= 4 is 18.6 Å². The molecule has 8 nitrogen and oxygen atoms in total. The van der Waals surface area contributed by atoms with E-state index in [9.17, 15) is 9.36 Å². The third-order valence-electron chi connectivity index (χ3n) is 3.55. The Hall–Kier alpha value is -1.47. The summed E-state index contributed by atoms with van der Waals surface area (Å²) in [5.74, 6) is 0. The van der Waals surface area contributed by atoms with Crippen LogP contribution < -0.4 is 10.9 Å². The molecule has 0 unspecified atom stereocenters. The predicted molar refractivity (Wildman–Crippen MR) is 93.4 cm³/mol. The highest BCUT2D eigenvalue weighted by Crippen LogP contribution is 2.48. The van der Waals surface area contributed by atoms with Crippen LogP contribution in [0.1, 0.15) is 32.3 Å². The van der Waals surface area contributed by atoms with Crippen LogP contribution in [0.2, 0.25) is 0 Å². The molecular weight excluding hydrogens is 331 g/mol. The minimum absolute atomic E-state index is 0.172. The van der Waals surface area contributed by atoms with Gasteiger partial charge in [0.15, 0.2) is 0 Å². The van der Waals surface area contributed by atoms with Crippen LogP contribution in [0.3, 0.4) is 0 Å². The lowest BCUT2D eigenvalue weighted by atomic mass is 10.2. The van der Waals surface area contributed by atoms with E-state index in [1.807, 2.05) is 13.8 Å². The van der Waals surface area contributed by atoms with E-state index in [1.54, 1.807) is 6.20 Å². The van der Waals surface area contributed by atoms with Crippen molar-refractivity contribution in [3.05, 3.63) is 28.4 Å². The first-order chi connectivity index (χ1) is 11.6. The van der Waals surface area contributed by atoms with Gasteiger partial charge in [-0.1, -0.05) is 0 Å². The summed E-state index contributed by atoms with van der Waals surface area (Å²) >= 11 is 0. The molecule has 134 valence electrons. The number of nitrogens with zero attached hydrogens (tertiary/aromatic N) is 1. The summed E-state index contributed by atoms with van der Waals surface area (Å²) < 4.78 is 22.8. The van der Waals surface area contributed by atoms with Crippen LogP contribution >= 0.6 is 7.60 Å². The number of aromatic nitrogens is 3. The highest BCUT2D eigenvalue weighted by molar-refractivity contribution is 7.53. The van der Waals surface area contributed by atoms with Crippen LogP contribution in [-0.2, 0) is 20.2 Å². The second kappa shape index (κ2) is 9.13. The van der Waals surface area contributed by atoms with E-state index in [-0.39, 0.29) is 5.56 Å². The van der Waals surface area contributed by atoms with Gasteiger partial charge in [-0.25, -0.2) is 4.98 Å². The average Bonchev–Trinajstić information content (AvgIpc) is 2.96. The first kappa shape index (κ1) is 18.9. The summed E-state index contributed by atoms with van der Waals surface area (Å²) in [7, 11) is -2.94. The van der Waals surface area contributed by atoms with Gasteiger partial charge in [-0.3, -0.25) is 9.36 Å². The molecule has 24 heavy (non-hydrogen) atoms. The Morgan fingerprint density at radius 3 is 2.67 bits per heavy atom. The molecule has 0 amide bonds. The molecule has 0 aromatic carbocycles. The van der Waals surface area contributed by atoms with Crippen LogP contribution in [0, 0.1) is 0 Å². The van der Waals surface area contributed by atoms with Crippen molar-refractivity contribution in [2.45, 2.75) is 33.2 Å². The third kappa shape index (κ3) is 5.01. The van der Waals surface area contributed by atoms with Gasteiger partial charge >= 0.3 is 7.60 Å². The Bertz CT molecular complexity index is 732. The lowest BCUT2D eigenvalue weighted by Crippen LogP contribution is -2.15. The Morgan fingerprint density at radius 2 is 1.96 bits per heavy atom. The van der Waals surface area contributed by atoms with Crippen molar-refractivity contribution < 1.29 is 13.6 Å². The standard InChI is InChI=1S/C15H25N4O4P/c1-3-22-24(21,23-4-2)8-6-5-7-16-9-12-10-17-14-13(12)18-11-19-15(14)20/h10-11,16-17H,3-9H2,1-2H3,(H,18,19,20). The molecule has 2 aromatic rings. The minimum atomic E-state index is -2.94. The van der Waals surface area contributed by atoms with Gasteiger partial charge in [-0.2, -0.15) is 0 Å². The van der Waals surface area contributed by atoms with Crippen LogP contribution in [0.4, 0.5) is 0 Å². The molecule has 0 saturated carbocycles. The van der Waals surface area contributed by atoms with Gasteiger partial charge < -0.3 is 24.3 Å². The molecule has 0 radical (unpaired) electrons. The third-order valence-corrected chi connectivity index (χ3v) is 5.72. The summed E-state index contributed by atoms with van der Waals surface area (Å²) in [6.07, 6.45) is 5.25. The van der Waals surface area contributed by atoms with E-state index in [2.05, 4.69) is 20.3 Å². The quantitative estimate of drug-likeness (QED) is 0.421. The Balaban J connectivity index is 1.74. The zero-order valence-electron chi connectivity index (χ0n) is 14.1. The lowest BCUT2D eigenvalue weighted by molar-refractivity contribution is 0.219. The number of aromatic amines is 2. The Morgan fingerprint density at radius 1 is 1.21 bits per heavy atom. The van der Waals surface area contributed by atoms with Gasteiger partial charge in [0.05, 0.1) is 31.2 Å². The molecule has 0 atom stereocenters. The van der Waals surface area contributed by atoms with Crippen molar-refractivity contribution in [1.29, 1.82) is 0 Å². The molecule has 2 aromatic heterocycles. The van der Waals surface area contributed by atoms with E-state index in [1.165, 1.54) is 6.33 Å². The molecule has 0 aliphatic heterocycles. The maximum atomic E-state index is 12.3. The number of nitrogens with one attached hydrogen (secondary N) is 3. The molecule has 0 aliphatic rings. The fourth-order valence-electron chi connectivity index (χ4n) is 2.48. The molecule has 3 N–H and O–H groups in total. The van der Waals surface area contributed by atoms with Gasteiger partial charge in [0, 0.05) is 18.3 Å². The number of fused-ring (bicyclic) bond motifs is 1. The van der Waals surface area contributed by atoms with Crippen LogP contribution in [0.5, 0.6) is 0 Å². The number of hydrogen-bond acceptors (Lipinski definition) is 6. The number of unbranched alkanes of at least 4 members (excludes halogenated alkanes) is 1. The van der Waals surface area contributed by atoms with Gasteiger partial charge in [0.1, 0.15) is 5.52 Å². The van der Waals surface area contributed by atoms with E-state index in [0.29, 0.717) is 37.0 Å². The van der Waals surface area contributed by atoms with Gasteiger partial charge in [0.2, 0.25) is 0 Å². The minimum Gasteiger partial charge on any atom is -0.355 e. The van der Waals surface area contributed by atoms with Crippen molar-refractivity contribution in [2.24, 2.45) is 0 Å². The summed E-state index contributed by atoms with van der Waals surface area (Å²) in [5.41, 5.74) is 1.95. The van der Waals surface area contributed by atoms with E-state index >= 15 is 0 Å². The van der Waals surface area contributed by atoms with Gasteiger partial charge in [-0.05, 0) is 33.2 Å². The molecule has 0 saturated heterocycles. The first-order valence-electron chi connectivity index (χ1n) is 8.22. The van der Waals surface area contributed by atoms with Crippen LogP contribution in [0.15, 0.2) is 17.3 Å². The molecular formula is C15H25N4O4P. The van der Waals surface area contributed by atoms with E-state index < -0.39 is 7.60 Å². The van der Waals surface area contributed by atoms with E-state index in [0.717, 1.165) is 24.9 Å². The zero-order chi connectivity index (χ0) is 17.4. The van der Waals surface area contributed by atoms with Gasteiger partial charge in [0.25, 0.3) is 5.56 Å². The summed E-state index contributed by atoms with van der Waals surface area (Å²) in [6.45, 7) is 5.80. The van der Waals surface area contributed by atoms with Crippen LogP contribution in [-0.4, -0.2) is 40.9 Å². The summed E-state index contributed by atoms with van der Waals surface area (Å²) in [4.78, 5) is 21.3. The fourth-order valence-corrected chi connectivity index (χ4v) is 4.21. The molecule has 0 fully saturated rings. The molecule has 2 heterocycles. The maximum absolute atomic E-state index is 12.3. The summed E-state index contributed by atoms with van der Waals surface area (Å²) in [6, 6.07) is 0. The van der Waals surface area contributed by atoms with Crippen molar-refractivity contribution in [1.82, 2.24) is 20.3 Å². The predicted octanol–water partition coefficient (Wildman–Crippen LogP) is 2.39.